The number of halogens is 1. The Morgan fingerprint density at radius 1 is 0.871 bits per heavy atom. The highest BCUT2D eigenvalue weighted by Gasteiger charge is 2.33. The summed E-state index contributed by atoms with van der Waals surface area (Å²) in [6.45, 7) is 2.54. The van der Waals surface area contributed by atoms with E-state index in [1.165, 1.54) is 0 Å². The number of nitrogens with zero attached hydrogens (tertiary/aromatic N) is 1. The van der Waals surface area contributed by atoms with Gasteiger partial charge >= 0.3 is 0 Å². The Balaban J connectivity index is 1.24. The van der Waals surface area contributed by atoms with E-state index >= 15 is 0 Å². The molecule has 0 aromatic heterocycles. The predicted octanol–water partition coefficient (Wildman–Crippen LogP) is 5.95. The third-order valence-electron chi connectivity index (χ3n) is 6.26. The summed E-state index contributed by atoms with van der Waals surface area (Å²) in [6, 6.07) is 25.6. The number of Topliss-reactive ketones (excluding diaryl/α,β-unsaturated/α-hetero) is 1. The van der Waals surface area contributed by atoms with E-state index in [2.05, 4.69) is 17.0 Å². The van der Waals surface area contributed by atoms with Crippen LogP contribution in [0, 0.1) is 0 Å². The van der Waals surface area contributed by atoms with Gasteiger partial charge in [-0.15, -0.1) is 0 Å². The van der Waals surface area contributed by atoms with E-state index < -0.39 is 5.60 Å². The number of hydrogen-bond acceptors (Lipinski definition) is 3. The summed E-state index contributed by atoms with van der Waals surface area (Å²) >= 11 is 5.96. The van der Waals surface area contributed by atoms with Gasteiger partial charge in [-0.3, -0.25) is 4.79 Å². The zero-order chi connectivity index (χ0) is 21.7. The van der Waals surface area contributed by atoms with Crippen LogP contribution in [0.3, 0.4) is 0 Å². The lowest BCUT2D eigenvalue weighted by molar-refractivity contribution is -0.0260. The SMILES string of the molecule is O=C(CCCN1CCC(O)(c2ccc(Cl)cc2)CC1)c1ccc(-c2ccccc2)cc1. The highest BCUT2D eigenvalue weighted by atomic mass is 35.5. The van der Waals surface area contributed by atoms with Crippen LogP contribution in [0.1, 0.15) is 41.6 Å². The molecular formula is C27H28ClNO2. The lowest BCUT2D eigenvalue weighted by Gasteiger charge is -2.38. The summed E-state index contributed by atoms with van der Waals surface area (Å²) in [7, 11) is 0. The summed E-state index contributed by atoms with van der Waals surface area (Å²) in [5.41, 5.74) is 3.21. The number of rotatable bonds is 7. The number of hydrogen-bond donors (Lipinski definition) is 1. The minimum Gasteiger partial charge on any atom is -0.385 e. The molecule has 0 unspecified atom stereocenters. The lowest BCUT2D eigenvalue weighted by Crippen LogP contribution is -2.42. The Hall–Kier alpha value is -2.46. The van der Waals surface area contributed by atoms with Crippen LogP contribution in [0.15, 0.2) is 78.9 Å². The van der Waals surface area contributed by atoms with Gasteiger partial charge in [-0.05, 0) is 54.6 Å². The smallest absolute Gasteiger partial charge is 0.162 e. The number of carbonyl (C=O) groups excluding carboxylic acids is 1. The maximum absolute atomic E-state index is 12.6. The number of likely N-dealkylation sites (tertiary alicyclic amines) is 1. The third kappa shape index (κ3) is 5.43. The molecule has 1 aliphatic rings. The molecule has 1 heterocycles. The quantitative estimate of drug-likeness (QED) is 0.468. The molecule has 3 nitrogen and oxygen atoms in total. The highest BCUT2D eigenvalue weighted by Crippen LogP contribution is 2.33. The minimum absolute atomic E-state index is 0.189. The molecule has 1 aliphatic heterocycles. The van der Waals surface area contributed by atoms with E-state index in [-0.39, 0.29) is 5.78 Å². The zero-order valence-electron chi connectivity index (χ0n) is 17.6. The van der Waals surface area contributed by atoms with Gasteiger partial charge in [-0.2, -0.15) is 0 Å². The van der Waals surface area contributed by atoms with Crippen LogP contribution in [0.5, 0.6) is 0 Å². The second-order valence-electron chi connectivity index (χ2n) is 8.35. The molecule has 0 saturated carbocycles. The van der Waals surface area contributed by atoms with Gasteiger partial charge in [0.15, 0.2) is 5.78 Å². The topological polar surface area (TPSA) is 40.5 Å². The Morgan fingerprint density at radius 3 is 2.13 bits per heavy atom. The van der Waals surface area contributed by atoms with Crippen molar-refractivity contribution in [2.24, 2.45) is 0 Å². The van der Waals surface area contributed by atoms with Crippen molar-refractivity contribution in [3.63, 3.8) is 0 Å². The van der Waals surface area contributed by atoms with Crippen molar-refractivity contribution in [2.45, 2.75) is 31.3 Å². The molecule has 160 valence electrons. The normalized spacial score (nSPS) is 16.2. The molecule has 0 bridgehead atoms. The molecule has 0 amide bonds. The molecule has 4 heteroatoms. The maximum atomic E-state index is 12.6. The van der Waals surface area contributed by atoms with Gasteiger partial charge < -0.3 is 10.0 Å². The average Bonchev–Trinajstić information content (AvgIpc) is 2.81. The molecule has 31 heavy (non-hydrogen) atoms. The van der Waals surface area contributed by atoms with Gasteiger partial charge in [-0.1, -0.05) is 78.3 Å². The highest BCUT2D eigenvalue weighted by molar-refractivity contribution is 6.30. The second kappa shape index (κ2) is 9.78. The van der Waals surface area contributed by atoms with Crippen molar-refractivity contribution in [3.05, 3.63) is 95.0 Å². The van der Waals surface area contributed by atoms with Crippen LogP contribution in [0.4, 0.5) is 0 Å². The molecular weight excluding hydrogens is 406 g/mol. The van der Waals surface area contributed by atoms with Crippen molar-refractivity contribution in [2.75, 3.05) is 19.6 Å². The van der Waals surface area contributed by atoms with Crippen LogP contribution in [0.25, 0.3) is 11.1 Å². The van der Waals surface area contributed by atoms with Gasteiger partial charge in [0.2, 0.25) is 0 Å². The predicted molar refractivity (Wildman–Crippen MR) is 126 cm³/mol. The largest absolute Gasteiger partial charge is 0.385 e. The fourth-order valence-corrected chi connectivity index (χ4v) is 4.41. The Bertz CT molecular complexity index is 992. The van der Waals surface area contributed by atoms with E-state index in [1.54, 1.807) is 0 Å². The number of benzene rings is 3. The van der Waals surface area contributed by atoms with E-state index in [4.69, 9.17) is 11.6 Å². The molecule has 0 radical (unpaired) electrons. The molecule has 1 N–H and O–H groups in total. The summed E-state index contributed by atoms with van der Waals surface area (Å²) in [6.07, 6.45) is 2.77. The Morgan fingerprint density at radius 2 is 1.48 bits per heavy atom. The standard InChI is InChI=1S/C27H28ClNO2/c28-25-14-12-24(13-15-25)27(31)16-19-29(20-17-27)18-4-7-26(30)23-10-8-22(9-11-23)21-5-2-1-3-6-21/h1-3,5-6,8-15,31H,4,7,16-20H2. The number of piperidine rings is 1. The van der Waals surface area contributed by atoms with Crippen LogP contribution >= 0.6 is 11.6 Å². The lowest BCUT2D eigenvalue weighted by atomic mass is 9.84. The van der Waals surface area contributed by atoms with Crippen molar-refractivity contribution < 1.29 is 9.90 Å². The molecule has 0 spiro atoms. The molecule has 1 saturated heterocycles. The van der Waals surface area contributed by atoms with Crippen molar-refractivity contribution >= 4 is 17.4 Å². The summed E-state index contributed by atoms with van der Waals surface area (Å²) in [5, 5.41) is 11.7. The first kappa shape index (κ1) is 21.8. The summed E-state index contributed by atoms with van der Waals surface area (Å²) in [4.78, 5) is 14.9. The maximum Gasteiger partial charge on any atom is 0.162 e. The number of aliphatic hydroxyl groups is 1. The summed E-state index contributed by atoms with van der Waals surface area (Å²) in [5.74, 6) is 0.189. The van der Waals surface area contributed by atoms with Crippen LogP contribution in [-0.2, 0) is 5.60 Å². The molecule has 0 atom stereocenters. The van der Waals surface area contributed by atoms with Crippen molar-refractivity contribution in [1.29, 1.82) is 0 Å². The van der Waals surface area contributed by atoms with Gasteiger partial charge in [0.05, 0.1) is 5.60 Å². The van der Waals surface area contributed by atoms with E-state index in [0.29, 0.717) is 24.3 Å². The van der Waals surface area contributed by atoms with Gasteiger partial charge in [-0.25, -0.2) is 0 Å². The minimum atomic E-state index is -0.780. The number of ketones is 1. The van der Waals surface area contributed by atoms with E-state index in [9.17, 15) is 9.90 Å². The molecule has 0 aliphatic carbocycles. The van der Waals surface area contributed by atoms with Gasteiger partial charge in [0.25, 0.3) is 0 Å². The van der Waals surface area contributed by atoms with E-state index in [1.807, 2.05) is 66.7 Å². The zero-order valence-corrected chi connectivity index (χ0v) is 18.4. The van der Waals surface area contributed by atoms with Crippen LogP contribution in [-0.4, -0.2) is 35.4 Å². The Labute approximate surface area is 189 Å². The van der Waals surface area contributed by atoms with Gasteiger partial charge in [0.1, 0.15) is 0 Å². The van der Waals surface area contributed by atoms with Crippen LogP contribution < -0.4 is 0 Å². The first-order valence-corrected chi connectivity index (χ1v) is 11.3. The molecule has 1 fully saturated rings. The van der Waals surface area contributed by atoms with Crippen molar-refractivity contribution in [1.82, 2.24) is 4.90 Å². The number of carbonyl (C=O) groups is 1. The first-order chi connectivity index (χ1) is 15.0. The van der Waals surface area contributed by atoms with Gasteiger partial charge in [0, 0.05) is 30.1 Å². The Kier molecular flexibility index (Phi) is 6.86. The third-order valence-corrected chi connectivity index (χ3v) is 6.51. The second-order valence-corrected chi connectivity index (χ2v) is 8.79. The van der Waals surface area contributed by atoms with E-state index in [0.717, 1.165) is 48.3 Å². The summed E-state index contributed by atoms with van der Waals surface area (Å²) < 4.78 is 0. The van der Waals surface area contributed by atoms with Crippen molar-refractivity contribution in [3.8, 4) is 11.1 Å². The first-order valence-electron chi connectivity index (χ1n) is 10.9. The molecule has 3 aromatic carbocycles. The van der Waals surface area contributed by atoms with Crippen LogP contribution in [0.2, 0.25) is 5.02 Å². The monoisotopic (exact) mass is 433 g/mol. The fraction of sp³-hybridized carbons (Fsp3) is 0.296. The molecule has 3 aromatic rings. The molecule has 4 rings (SSSR count). The fourth-order valence-electron chi connectivity index (χ4n) is 4.28. The average molecular weight is 434 g/mol.